The zero-order chi connectivity index (χ0) is 14.8. The lowest BCUT2D eigenvalue weighted by Crippen LogP contribution is -2.28. The maximum absolute atomic E-state index is 5.07. The predicted molar refractivity (Wildman–Crippen MR) is 83.4 cm³/mol. The molecule has 0 saturated carbocycles. The molecule has 0 spiro atoms. The van der Waals surface area contributed by atoms with E-state index in [0.29, 0.717) is 0 Å². The van der Waals surface area contributed by atoms with E-state index in [1.54, 1.807) is 13.4 Å². The van der Waals surface area contributed by atoms with Crippen LogP contribution in [-0.4, -0.2) is 61.8 Å². The standard InChI is InChI=1S/C14H27N5O/c1-5-12-13(15-6-2)17-11-18-14(12)16-7-8-19(3)9-10-20-4/h11H,5-10H2,1-4H3,(H2,15,16,17,18). The zero-order valence-electron chi connectivity index (χ0n) is 13.1. The van der Waals surface area contributed by atoms with Crippen LogP contribution < -0.4 is 10.6 Å². The number of ether oxygens (including phenoxy) is 1. The molecule has 0 radical (unpaired) electrons. The van der Waals surface area contributed by atoms with Gasteiger partial charge in [0.2, 0.25) is 0 Å². The molecular formula is C14H27N5O. The van der Waals surface area contributed by atoms with Crippen LogP contribution in [0.3, 0.4) is 0 Å². The van der Waals surface area contributed by atoms with E-state index in [1.807, 2.05) is 0 Å². The van der Waals surface area contributed by atoms with Crippen LogP contribution in [0.5, 0.6) is 0 Å². The SMILES string of the molecule is CCNc1ncnc(NCCN(C)CCOC)c1CC. The van der Waals surface area contributed by atoms with Crippen LogP contribution in [-0.2, 0) is 11.2 Å². The summed E-state index contributed by atoms with van der Waals surface area (Å²) in [5, 5.41) is 6.67. The van der Waals surface area contributed by atoms with Gasteiger partial charge in [-0.3, -0.25) is 0 Å². The largest absolute Gasteiger partial charge is 0.383 e. The van der Waals surface area contributed by atoms with Gasteiger partial charge in [0.15, 0.2) is 0 Å². The Balaban J connectivity index is 2.52. The molecule has 0 aliphatic heterocycles. The van der Waals surface area contributed by atoms with Gasteiger partial charge in [0, 0.05) is 38.9 Å². The summed E-state index contributed by atoms with van der Waals surface area (Å²) in [5.74, 6) is 1.86. The summed E-state index contributed by atoms with van der Waals surface area (Å²) in [6.45, 7) is 8.56. The van der Waals surface area contributed by atoms with Gasteiger partial charge in [0.1, 0.15) is 18.0 Å². The third-order valence-electron chi connectivity index (χ3n) is 3.11. The van der Waals surface area contributed by atoms with E-state index >= 15 is 0 Å². The van der Waals surface area contributed by atoms with Crippen molar-refractivity contribution in [1.82, 2.24) is 14.9 Å². The van der Waals surface area contributed by atoms with Crippen molar-refractivity contribution in [3.8, 4) is 0 Å². The molecule has 1 aromatic heterocycles. The molecule has 6 nitrogen and oxygen atoms in total. The molecule has 0 saturated heterocycles. The molecule has 0 fully saturated rings. The van der Waals surface area contributed by atoms with Crippen molar-refractivity contribution in [2.75, 3.05) is 57.6 Å². The highest BCUT2D eigenvalue weighted by atomic mass is 16.5. The number of aromatic nitrogens is 2. The summed E-state index contributed by atoms with van der Waals surface area (Å²) >= 11 is 0. The average molecular weight is 281 g/mol. The summed E-state index contributed by atoms with van der Waals surface area (Å²) in [6, 6.07) is 0. The molecule has 0 aliphatic carbocycles. The van der Waals surface area contributed by atoms with E-state index < -0.39 is 0 Å². The van der Waals surface area contributed by atoms with Crippen LogP contribution in [0.2, 0.25) is 0 Å². The van der Waals surface area contributed by atoms with E-state index in [2.05, 4.69) is 46.4 Å². The second-order valence-electron chi connectivity index (χ2n) is 4.66. The highest BCUT2D eigenvalue weighted by molar-refractivity contribution is 5.57. The van der Waals surface area contributed by atoms with Gasteiger partial charge in [-0.05, 0) is 20.4 Å². The maximum Gasteiger partial charge on any atom is 0.134 e. The number of rotatable bonds is 10. The quantitative estimate of drug-likeness (QED) is 0.677. The van der Waals surface area contributed by atoms with Crippen molar-refractivity contribution in [3.05, 3.63) is 11.9 Å². The van der Waals surface area contributed by atoms with Gasteiger partial charge in [0.25, 0.3) is 0 Å². The van der Waals surface area contributed by atoms with E-state index in [9.17, 15) is 0 Å². The van der Waals surface area contributed by atoms with Gasteiger partial charge in [-0.2, -0.15) is 0 Å². The highest BCUT2D eigenvalue weighted by Gasteiger charge is 2.08. The Morgan fingerprint density at radius 3 is 2.45 bits per heavy atom. The number of nitrogens with one attached hydrogen (secondary N) is 2. The second-order valence-corrected chi connectivity index (χ2v) is 4.66. The first-order valence-electron chi connectivity index (χ1n) is 7.22. The molecule has 6 heteroatoms. The first kappa shape index (κ1) is 16.7. The molecule has 1 heterocycles. The lowest BCUT2D eigenvalue weighted by Gasteiger charge is -2.18. The fourth-order valence-electron chi connectivity index (χ4n) is 1.94. The van der Waals surface area contributed by atoms with Gasteiger partial charge in [-0.25, -0.2) is 9.97 Å². The minimum Gasteiger partial charge on any atom is -0.383 e. The molecule has 0 bridgehead atoms. The van der Waals surface area contributed by atoms with Gasteiger partial charge < -0.3 is 20.3 Å². The molecule has 0 amide bonds. The number of anilines is 2. The Kier molecular flexibility index (Phi) is 7.91. The van der Waals surface area contributed by atoms with E-state index in [0.717, 1.165) is 56.4 Å². The lowest BCUT2D eigenvalue weighted by molar-refractivity contribution is 0.163. The normalized spacial score (nSPS) is 10.8. The average Bonchev–Trinajstić information content (AvgIpc) is 2.45. The van der Waals surface area contributed by atoms with Crippen molar-refractivity contribution in [2.24, 2.45) is 0 Å². The first-order chi connectivity index (χ1) is 9.72. The monoisotopic (exact) mass is 281 g/mol. The number of likely N-dealkylation sites (N-methyl/N-ethyl adjacent to an activating group) is 1. The van der Waals surface area contributed by atoms with Crippen LogP contribution in [0.1, 0.15) is 19.4 Å². The number of hydrogen-bond donors (Lipinski definition) is 2. The molecule has 0 unspecified atom stereocenters. The highest BCUT2D eigenvalue weighted by Crippen LogP contribution is 2.19. The Morgan fingerprint density at radius 1 is 1.15 bits per heavy atom. The number of nitrogens with zero attached hydrogens (tertiary/aromatic N) is 3. The topological polar surface area (TPSA) is 62.3 Å². The fourth-order valence-corrected chi connectivity index (χ4v) is 1.94. The Hall–Kier alpha value is -1.40. The molecule has 114 valence electrons. The zero-order valence-corrected chi connectivity index (χ0v) is 13.1. The minimum absolute atomic E-state index is 0.759. The molecule has 2 N–H and O–H groups in total. The van der Waals surface area contributed by atoms with Crippen molar-refractivity contribution in [3.63, 3.8) is 0 Å². The first-order valence-corrected chi connectivity index (χ1v) is 7.22. The van der Waals surface area contributed by atoms with Gasteiger partial charge in [-0.1, -0.05) is 6.92 Å². The van der Waals surface area contributed by atoms with E-state index in [1.165, 1.54) is 0 Å². The lowest BCUT2D eigenvalue weighted by atomic mass is 10.2. The van der Waals surface area contributed by atoms with Crippen molar-refractivity contribution < 1.29 is 4.74 Å². The summed E-state index contributed by atoms with van der Waals surface area (Å²) < 4.78 is 5.07. The minimum atomic E-state index is 0.759. The second kappa shape index (κ2) is 9.50. The van der Waals surface area contributed by atoms with Crippen molar-refractivity contribution >= 4 is 11.6 Å². The van der Waals surface area contributed by atoms with Gasteiger partial charge in [-0.15, -0.1) is 0 Å². The Morgan fingerprint density at radius 2 is 1.85 bits per heavy atom. The summed E-state index contributed by atoms with van der Waals surface area (Å²) in [7, 11) is 3.81. The molecule has 0 atom stereocenters. The molecular weight excluding hydrogens is 254 g/mol. The van der Waals surface area contributed by atoms with Crippen LogP contribution in [0.15, 0.2) is 6.33 Å². The number of methoxy groups -OCH3 is 1. The van der Waals surface area contributed by atoms with E-state index in [4.69, 9.17) is 4.74 Å². The fraction of sp³-hybridized carbons (Fsp3) is 0.714. The van der Waals surface area contributed by atoms with Gasteiger partial charge in [0.05, 0.1) is 6.61 Å². The summed E-state index contributed by atoms with van der Waals surface area (Å²) in [6.07, 6.45) is 2.51. The Labute approximate surface area is 121 Å². The number of hydrogen-bond acceptors (Lipinski definition) is 6. The molecule has 1 aromatic rings. The molecule has 20 heavy (non-hydrogen) atoms. The van der Waals surface area contributed by atoms with Gasteiger partial charge >= 0.3 is 0 Å². The maximum atomic E-state index is 5.07. The van der Waals surface area contributed by atoms with Crippen molar-refractivity contribution in [1.29, 1.82) is 0 Å². The third-order valence-corrected chi connectivity index (χ3v) is 3.11. The molecule has 0 aromatic carbocycles. The third kappa shape index (κ3) is 5.30. The summed E-state index contributed by atoms with van der Waals surface area (Å²) in [5.41, 5.74) is 1.15. The van der Waals surface area contributed by atoms with Crippen LogP contribution in [0.4, 0.5) is 11.6 Å². The van der Waals surface area contributed by atoms with Crippen LogP contribution in [0, 0.1) is 0 Å². The molecule has 0 aliphatic rings. The Bertz CT molecular complexity index is 386. The molecule has 1 rings (SSSR count). The smallest absolute Gasteiger partial charge is 0.134 e. The predicted octanol–water partition coefficient (Wildman–Crippen LogP) is 1.46. The summed E-state index contributed by atoms with van der Waals surface area (Å²) in [4.78, 5) is 10.9. The van der Waals surface area contributed by atoms with E-state index in [-0.39, 0.29) is 0 Å². The van der Waals surface area contributed by atoms with Crippen molar-refractivity contribution in [2.45, 2.75) is 20.3 Å². The van der Waals surface area contributed by atoms with Crippen LogP contribution in [0.25, 0.3) is 0 Å². The van der Waals surface area contributed by atoms with Crippen LogP contribution >= 0.6 is 0 Å².